The standard InChI is InChI=1S/C17H16N6OS/c1-10(2)11-4-6-12(7-5-11)22-9-8-13-14(15(22)24)19-20-16-18-17(25-3)21-23(13)16/h4-10H,1-3H3. The molecule has 0 aliphatic rings. The average Bonchev–Trinajstić information content (AvgIpc) is 3.06. The van der Waals surface area contributed by atoms with Crippen molar-refractivity contribution in [3.05, 3.63) is 52.4 Å². The van der Waals surface area contributed by atoms with E-state index in [0.29, 0.717) is 22.4 Å². The van der Waals surface area contributed by atoms with Gasteiger partial charge in [0.2, 0.25) is 5.16 Å². The number of benzene rings is 1. The third-order valence-corrected chi connectivity index (χ3v) is 4.64. The van der Waals surface area contributed by atoms with Crippen molar-refractivity contribution in [3.63, 3.8) is 0 Å². The average molecular weight is 352 g/mol. The molecule has 0 spiro atoms. The minimum atomic E-state index is -0.231. The smallest absolute Gasteiger partial charge is 0.282 e. The zero-order valence-electron chi connectivity index (χ0n) is 14.0. The Bertz CT molecular complexity index is 1130. The Hall–Kier alpha value is -2.74. The third kappa shape index (κ3) is 2.58. The molecule has 0 saturated carbocycles. The Balaban J connectivity index is 1.90. The molecule has 0 N–H and O–H groups in total. The van der Waals surface area contributed by atoms with Gasteiger partial charge in [0, 0.05) is 11.9 Å². The fraction of sp³-hybridized carbons (Fsp3) is 0.235. The Morgan fingerprint density at radius 3 is 2.52 bits per heavy atom. The topological polar surface area (TPSA) is 78.0 Å². The lowest BCUT2D eigenvalue weighted by molar-refractivity contribution is 0.863. The molecule has 0 bridgehead atoms. The molecule has 0 aliphatic heterocycles. The maximum Gasteiger partial charge on any atom is 0.285 e. The lowest BCUT2D eigenvalue weighted by Gasteiger charge is -2.09. The van der Waals surface area contributed by atoms with Crippen LogP contribution in [0.15, 0.2) is 46.5 Å². The first kappa shape index (κ1) is 15.8. The van der Waals surface area contributed by atoms with E-state index in [1.807, 2.05) is 36.6 Å². The van der Waals surface area contributed by atoms with Crippen LogP contribution in [-0.2, 0) is 0 Å². The lowest BCUT2D eigenvalue weighted by Crippen LogP contribution is -2.20. The molecular formula is C17H16N6OS. The van der Waals surface area contributed by atoms with Crippen molar-refractivity contribution in [3.8, 4) is 5.69 Å². The summed E-state index contributed by atoms with van der Waals surface area (Å²) in [4.78, 5) is 17.1. The number of aromatic nitrogens is 6. The predicted octanol–water partition coefficient (Wildman–Crippen LogP) is 2.67. The number of thioether (sulfide) groups is 1. The maximum absolute atomic E-state index is 12.9. The summed E-state index contributed by atoms with van der Waals surface area (Å²) in [5, 5.41) is 13.0. The van der Waals surface area contributed by atoms with Crippen LogP contribution < -0.4 is 5.56 Å². The number of pyridine rings is 1. The molecule has 126 valence electrons. The highest BCUT2D eigenvalue weighted by Crippen LogP contribution is 2.17. The van der Waals surface area contributed by atoms with Crippen LogP contribution in [0.4, 0.5) is 0 Å². The molecule has 0 aliphatic carbocycles. The van der Waals surface area contributed by atoms with E-state index in [4.69, 9.17) is 0 Å². The van der Waals surface area contributed by atoms with Crippen LogP contribution in [0.5, 0.6) is 0 Å². The Morgan fingerprint density at radius 1 is 1.08 bits per heavy atom. The molecule has 3 heterocycles. The van der Waals surface area contributed by atoms with Crippen molar-refractivity contribution in [2.45, 2.75) is 24.9 Å². The summed E-state index contributed by atoms with van der Waals surface area (Å²) in [5.74, 6) is 0.828. The van der Waals surface area contributed by atoms with Crippen molar-refractivity contribution in [2.75, 3.05) is 6.26 Å². The minimum Gasteiger partial charge on any atom is -0.282 e. The summed E-state index contributed by atoms with van der Waals surface area (Å²) in [6.45, 7) is 4.28. The van der Waals surface area contributed by atoms with Gasteiger partial charge in [-0.3, -0.25) is 9.36 Å². The van der Waals surface area contributed by atoms with Crippen molar-refractivity contribution in [1.82, 2.24) is 29.4 Å². The van der Waals surface area contributed by atoms with Crippen LogP contribution in [0.1, 0.15) is 25.3 Å². The summed E-state index contributed by atoms with van der Waals surface area (Å²) in [5.41, 5.74) is 2.65. The van der Waals surface area contributed by atoms with Gasteiger partial charge in [0.25, 0.3) is 11.3 Å². The zero-order valence-corrected chi connectivity index (χ0v) is 14.9. The summed E-state index contributed by atoms with van der Waals surface area (Å²) in [7, 11) is 0. The first-order valence-corrected chi connectivity index (χ1v) is 9.10. The molecule has 7 nitrogen and oxygen atoms in total. The molecule has 0 radical (unpaired) electrons. The van der Waals surface area contributed by atoms with Gasteiger partial charge in [-0.05, 0) is 35.9 Å². The van der Waals surface area contributed by atoms with E-state index in [1.165, 1.54) is 17.3 Å². The monoisotopic (exact) mass is 352 g/mol. The minimum absolute atomic E-state index is 0.231. The van der Waals surface area contributed by atoms with E-state index in [1.54, 1.807) is 15.3 Å². The molecule has 0 saturated heterocycles. The SMILES string of the molecule is CSc1nc2nnc3c(=O)n(-c4ccc(C(C)C)cc4)ccc3n2n1. The van der Waals surface area contributed by atoms with Crippen molar-refractivity contribution < 1.29 is 0 Å². The highest BCUT2D eigenvalue weighted by molar-refractivity contribution is 7.98. The van der Waals surface area contributed by atoms with Crippen LogP contribution in [0.2, 0.25) is 0 Å². The number of hydrogen-bond acceptors (Lipinski definition) is 6. The molecule has 4 aromatic rings. The van der Waals surface area contributed by atoms with E-state index in [-0.39, 0.29) is 11.1 Å². The Labute approximate surface area is 147 Å². The van der Waals surface area contributed by atoms with Gasteiger partial charge in [-0.2, -0.15) is 9.50 Å². The largest absolute Gasteiger partial charge is 0.285 e. The van der Waals surface area contributed by atoms with Gasteiger partial charge in [0.1, 0.15) is 5.52 Å². The third-order valence-electron chi connectivity index (χ3n) is 4.10. The van der Waals surface area contributed by atoms with Gasteiger partial charge in [-0.1, -0.05) is 37.7 Å². The van der Waals surface area contributed by atoms with Gasteiger partial charge in [0.15, 0.2) is 5.52 Å². The van der Waals surface area contributed by atoms with Gasteiger partial charge >= 0.3 is 0 Å². The molecular weight excluding hydrogens is 336 g/mol. The van der Waals surface area contributed by atoms with Gasteiger partial charge in [-0.25, -0.2) is 0 Å². The predicted molar refractivity (Wildman–Crippen MR) is 97.6 cm³/mol. The molecule has 0 atom stereocenters. The Kier molecular flexibility index (Phi) is 3.76. The van der Waals surface area contributed by atoms with E-state index >= 15 is 0 Å². The van der Waals surface area contributed by atoms with Crippen molar-refractivity contribution in [2.24, 2.45) is 0 Å². The van der Waals surface area contributed by atoms with Crippen LogP contribution >= 0.6 is 11.8 Å². The fourth-order valence-corrected chi connectivity index (χ4v) is 3.03. The number of fused-ring (bicyclic) bond motifs is 3. The van der Waals surface area contributed by atoms with E-state index in [9.17, 15) is 4.79 Å². The molecule has 8 heteroatoms. The second-order valence-electron chi connectivity index (χ2n) is 5.98. The first-order chi connectivity index (χ1) is 12.1. The highest BCUT2D eigenvalue weighted by atomic mass is 32.2. The van der Waals surface area contributed by atoms with Crippen molar-refractivity contribution >= 4 is 28.6 Å². The molecule has 0 unspecified atom stereocenters. The molecule has 3 aromatic heterocycles. The summed E-state index contributed by atoms with van der Waals surface area (Å²) < 4.78 is 3.13. The number of rotatable bonds is 3. The van der Waals surface area contributed by atoms with E-state index < -0.39 is 0 Å². The lowest BCUT2D eigenvalue weighted by atomic mass is 10.0. The van der Waals surface area contributed by atoms with Gasteiger partial charge in [-0.15, -0.1) is 15.3 Å². The second-order valence-corrected chi connectivity index (χ2v) is 6.75. The molecule has 25 heavy (non-hydrogen) atoms. The summed E-state index contributed by atoms with van der Waals surface area (Å²) in [6, 6.07) is 9.76. The maximum atomic E-state index is 12.9. The fourth-order valence-electron chi connectivity index (χ4n) is 2.70. The van der Waals surface area contributed by atoms with Crippen LogP contribution in [-0.4, -0.2) is 35.6 Å². The highest BCUT2D eigenvalue weighted by Gasteiger charge is 2.13. The second kappa shape index (κ2) is 5.96. The number of hydrogen-bond donors (Lipinski definition) is 0. The van der Waals surface area contributed by atoms with Gasteiger partial charge in [0.05, 0.1) is 0 Å². The molecule has 1 aromatic carbocycles. The van der Waals surface area contributed by atoms with E-state index in [2.05, 4.69) is 34.1 Å². The van der Waals surface area contributed by atoms with Crippen LogP contribution in [0.3, 0.4) is 0 Å². The van der Waals surface area contributed by atoms with E-state index in [0.717, 1.165) is 5.69 Å². The van der Waals surface area contributed by atoms with Crippen LogP contribution in [0.25, 0.3) is 22.5 Å². The normalized spacial score (nSPS) is 11.7. The van der Waals surface area contributed by atoms with Gasteiger partial charge < -0.3 is 0 Å². The summed E-state index contributed by atoms with van der Waals surface area (Å²) >= 11 is 1.42. The van der Waals surface area contributed by atoms with Crippen LogP contribution in [0, 0.1) is 0 Å². The number of nitrogens with zero attached hydrogens (tertiary/aromatic N) is 6. The molecule has 0 fully saturated rings. The Morgan fingerprint density at radius 2 is 1.84 bits per heavy atom. The quantitative estimate of drug-likeness (QED) is 0.528. The first-order valence-electron chi connectivity index (χ1n) is 7.87. The molecule has 0 amide bonds. The summed E-state index contributed by atoms with van der Waals surface area (Å²) in [6.07, 6.45) is 3.62. The molecule has 4 rings (SSSR count). The van der Waals surface area contributed by atoms with Crippen molar-refractivity contribution in [1.29, 1.82) is 0 Å². The zero-order chi connectivity index (χ0) is 17.6.